The molecule has 1 aliphatic carbocycles. The second-order valence-corrected chi connectivity index (χ2v) is 10.7. The molecular formula is C27H29BrN4O3S. The van der Waals surface area contributed by atoms with Crippen LogP contribution < -0.4 is 14.8 Å². The maximum absolute atomic E-state index is 13.1. The van der Waals surface area contributed by atoms with E-state index in [9.17, 15) is 4.79 Å². The van der Waals surface area contributed by atoms with Crippen molar-refractivity contribution in [3.05, 3.63) is 69.3 Å². The molecule has 1 aliphatic heterocycles. The van der Waals surface area contributed by atoms with E-state index in [0.29, 0.717) is 37.1 Å². The molecule has 0 saturated heterocycles. The largest absolute Gasteiger partial charge is 0.490 e. The highest BCUT2D eigenvalue weighted by molar-refractivity contribution is 9.10. The topological polar surface area (TPSA) is 78.3 Å². The van der Waals surface area contributed by atoms with E-state index >= 15 is 0 Å². The van der Waals surface area contributed by atoms with E-state index in [1.54, 1.807) is 11.8 Å². The van der Waals surface area contributed by atoms with Crippen LogP contribution in [-0.4, -0.2) is 32.9 Å². The fourth-order valence-corrected chi connectivity index (χ4v) is 5.47. The fraction of sp³-hybridized carbons (Fsp3) is 0.370. The van der Waals surface area contributed by atoms with Crippen molar-refractivity contribution in [2.24, 2.45) is 0 Å². The predicted molar refractivity (Wildman–Crippen MR) is 145 cm³/mol. The summed E-state index contributed by atoms with van der Waals surface area (Å²) in [6.45, 7) is 5.02. The molecule has 1 N–H and O–H groups in total. The van der Waals surface area contributed by atoms with Gasteiger partial charge in [0.05, 0.1) is 6.61 Å². The first kappa shape index (κ1) is 24.9. The van der Waals surface area contributed by atoms with Gasteiger partial charge in [-0.2, -0.15) is 4.98 Å². The Morgan fingerprint density at radius 3 is 2.72 bits per heavy atom. The summed E-state index contributed by atoms with van der Waals surface area (Å²) in [4.78, 5) is 17.9. The fourth-order valence-electron chi connectivity index (χ4n) is 4.52. The molecule has 2 heterocycles. The number of rotatable bonds is 9. The lowest BCUT2D eigenvalue weighted by molar-refractivity contribution is -0.116. The molecule has 36 heavy (non-hydrogen) atoms. The summed E-state index contributed by atoms with van der Waals surface area (Å²) in [5.74, 6) is 3.10. The molecule has 1 atom stereocenters. The van der Waals surface area contributed by atoms with Crippen LogP contribution in [0, 0.1) is 0 Å². The van der Waals surface area contributed by atoms with Crippen molar-refractivity contribution in [1.82, 2.24) is 14.8 Å². The number of nitrogens with zero attached hydrogens (tertiary/aromatic N) is 3. The SMILES string of the molecule is CCCSc1nc2n(n1)C(c1ccc(OCc3ccc(Br)cc3)c(OCC)c1)C1=C(CCCC1=O)N2. The molecule has 9 heteroatoms. The monoisotopic (exact) mass is 568 g/mol. The number of halogens is 1. The third-order valence-electron chi connectivity index (χ3n) is 6.17. The van der Waals surface area contributed by atoms with Crippen molar-refractivity contribution in [3.63, 3.8) is 0 Å². The first-order valence-electron chi connectivity index (χ1n) is 12.3. The first-order valence-corrected chi connectivity index (χ1v) is 14.1. The standard InChI is InChI=1S/C27H29BrN4O3S/c1-3-14-36-27-30-26-29-20-6-5-7-21(33)24(20)25(32(26)31-27)18-10-13-22(23(15-18)34-4-2)35-16-17-8-11-19(28)12-9-17/h8-13,15,25H,3-7,14,16H2,1-2H3,(H,29,30,31). The van der Waals surface area contributed by atoms with Crippen molar-refractivity contribution in [3.8, 4) is 11.5 Å². The van der Waals surface area contributed by atoms with Gasteiger partial charge in [-0.15, -0.1) is 5.10 Å². The molecule has 0 radical (unpaired) electrons. The van der Waals surface area contributed by atoms with E-state index in [4.69, 9.17) is 19.6 Å². The van der Waals surface area contributed by atoms with Crippen molar-refractivity contribution in [2.75, 3.05) is 17.7 Å². The van der Waals surface area contributed by atoms with Crippen molar-refractivity contribution in [1.29, 1.82) is 0 Å². The van der Waals surface area contributed by atoms with Crippen LogP contribution in [0.4, 0.5) is 5.95 Å². The first-order chi connectivity index (χ1) is 17.6. The summed E-state index contributed by atoms with van der Waals surface area (Å²) in [6.07, 6.45) is 3.26. The molecule has 0 fully saturated rings. The van der Waals surface area contributed by atoms with Gasteiger partial charge >= 0.3 is 0 Å². The molecule has 2 aliphatic rings. The van der Waals surface area contributed by atoms with Gasteiger partial charge in [-0.1, -0.05) is 52.8 Å². The number of nitrogens with one attached hydrogen (secondary N) is 1. The lowest BCUT2D eigenvalue weighted by Gasteiger charge is -2.32. The number of benzene rings is 2. The van der Waals surface area contributed by atoms with Crippen LogP contribution in [0.2, 0.25) is 0 Å². The average Bonchev–Trinajstić information content (AvgIpc) is 3.29. The number of carbonyl (C=O) groups excluding carboxylic acids is 1. The maximum Gasteiger partial charge on any atom is 0.227 e. The van der Waals surface area contributed by atoms with E-state index in [1.165, 1.54) is 0 Å². The summed E-state index contributed by atoms with van der Waals surface area (Å²) in [5.41, 5.74) is 3.72. The molecule has 0 bridgehead atoms. The minimum atomic E-state index is -0.354. The van der Waals surface area contributed by atoms with Gasteiger partial charge < -0.3 is 14.8 Å². The highest BCUT2D eigenvalue weighted by atomic mass is 79.9. The molecule has 7 nitrogen and oxygen atoms in total. The number of anilines is 1. The number of thioether (sulfide) groups is 1. The number of allylic oxidation sites excluding steroid dienone is 2. The van der Waals surface area contributed by atoms with Crippen LogP contribution in [0.3, 0.4) is 0 Å². The van der Waals surface area contributed by atoms with E-state index in [1.807, 2.05) is 54.1 Å². The maximum atomic E-state index is 13.1. The number of ether oxygens (including phenoxy) is 2. The van der Waals surface area contributed by atoms with Crippen LogP contribution in [-0.2, 0) is 11.4 Å². The van der Waals surface area contributed by atoms with Crippen LogP contribution in [0.15, 0.2) is 63.4 Å². The van der Waals surface area contributed by atoms with E-state index in [2.05, 4.69) is 28.2 Å². The lowest BCUT2D eigenvalue weighted by atomic mass is 9.85. The van der Waals surface area contributed by atoms with Crippen LogP contribution in [0.1, 0.15) is 56.7 Å². The van der Waals surface area contributed by atoms with Crippen molar-refractivity contribution < 1.29 is 14.3 Å². The van der Waals surface area contributed by atoms with Gasteiger partial charge in [0.15, 0.2) is 17.3 Å². The highest BCUT2D eigenvalue weighted by Crippen LogP contribution is 2.42. The molecule has 188 valence electrons. The Labute approximate surface area is 223 Å². The van der Waals surface area contributed by atoms with Crippen LogP contribution >= 0.6 is 27.7 Å². The number of hydrogen-bond acceptors (Lipinski definition) is 7. The van der Waals surface area contributed by atoms with Crippen LogP contribution in [0.5, 0.6) is 11.5 Å². The third-order valence-corrected chi connectivity index (χ3v) is 7.75. The summed E-state index contributed by atoms with van der Waals surface area (Å²) in [7, 11) is 0. The second-order valence-electron chi connectivity index (χ2n) is 8.76. The quantitative estimate of drug-likeness (QED) is 0.293. The number of aromatic nitrogens is 3. The number of carbonyl (C=O) groups is 1. The summed E-state index contributed by atoms with van der Waals surface area (Å²) in [5, 5.41) is 8.91. The Morgan fingerprint density at radius 1 is 1.11 bits per heavy atom. The average molecular weight is 570 g/mol. The van der Waals surface area contributed by atoms with E-state index in [0.717, 1.165) is 57.0 Å². The summed E-state index contributed by atoms with van der Waals surface area (Å²) >= 11 is 5.10. The van der Waals surface area contributed by atoms with Gasteiger partial charge in [-0.3, -0.25) is 4.79 Å². The number of fused-ring (bicyclic) bond motifs is 1. The molecule has 1 unspecified atom stereocenters. The van der Waals surface area contributed by atoms with Gasteiger partial charge in [0.1, 0.15) is 12.6 Å². The van der Waals surface area contributed by atoms with Crippen molar-refractivity contribution in [2.45, 2.75) is 57.3 Å². The molecule has 0 spiro atoms. The van der Waals surface area contributed by atoms with E-state index in [-0.39, 0.29) is 11.8 Å². The summed E-state index contributed by atoms with van der Waals surface area (Å²) in [6, 6.07) is 13.6. The zero-order chi connectivity index (χ0) is 25.1. The molecule has 2 aromatic carbocycles. The zero-order valence-corrected chi connectivity index (χ0v) is 22.8. The molecule has 5 rings (SSSR count). The highest BCUT2D eigenvalue weighted by Gasteiger charge is 2.37. The third kappa shape index (κ3) is 5.18. The number of ketones is 1. The zero-order valence-electron chi connectivity index (χ0n) is 20.4. The lowest BCUT2D eigenvalue weighted by Crippen LogP contribution is -2.31. The minimum Gasteiger partial charge on any atom is -0.490 e. The number of hydrogen-bond donors (Lipinski definition) is 1. The second kappa shape index (κ2) is 11.1. The van der Waals surface area contributed by atoms with Gasteiger partial charge in [-0.05, 0) is 61.6 Å². The smallest absolute Gasteiger partial charge is 0.227 e. The predicted octanol–water partition coefficient (Wildman–Crippen LogP) is 6.54. The Kier molecular flexibility index (Phi) is 7.67. The minimum absolute atomic E-state index is 0.159. The van der Waals surface area contributed by atoms with Gasteiger partial charge in [-0.25, -0.2) is 4.68 Å². The van der Waals surface area contributed by atoms with E-state index < -0.39 is 0 Å². The Morgan fingerprint density at radius 2 is 1.94 bits per heavy atom. The Balaban J connectivity index is 1.50. The Bertz CT molecular complexity index is 1290. The van der Waals surface area contributed by atoms with Crippen LogP contribution in [0.25, 0.3) is 0 Å². The molecule has 1 aromatic heterocycles. The van der Waals surface area contributed by atoms with Gasteiger partial charge in [0.25, 0.3) is 0 Å². The summed E-state index contributed by atoms with van der Waals surface area (Å²) < 4.78 is 15.0. The van der Waals surface area contributed by atoms with Gasteiger partial charge in [0.2, 0.25) is 11.1 Å². The van der Waals surface area contributed by atoms with Gasteiger partial charge in [0, 0.05) is 27.9 Å². The Hall–Kier alpha value is -2.78. The molecule has 0 amide bonds. The molecule has 3 aromatic rings. The van der Waals surface area contributed by atoms with Crippen molar-refractivity contribution >= 4 is 39.4 Å². The molecular weight excluding hydrogens is 540 g/mol. The number of Topliss-reactive ketones (excluding diaryl/α,β-unsaturated/α-hetero) is 1. The molecule has 0 saturated carbocycles. The normalized spacial score (nSPS) is 16.9.